The molecule has 3 nitrogen and oxygen atoms in total. The third kappa shape index (κ3) is 4.83. The first kappa shape index (κ1) is 13.5. The smallest absolute Gasteiger partial charge is 0.165 e. The second kappa shape index (κ2) is 7.64. The molecule has 0 aliphatic heterocycles. The van der Waals surface area contributed by atoms with Crippen LogP contribution in [0.5, 0.6) is 5.75 Å². The molecule has 0 heterocycles. The van der Waals surface area contributed by atoms with E-state index in [1.807, 2.05) is 13.0 Å². The van der Waals surface area contributed by atoms with E-state index in [1.54, 1.807) is 6.07 Å². The van der Waals surface area contributed by atoms with Gasteiger partial charge in [0, 0.05) is 13.0 Å². The van der Waals surface area contributed by atoms with Crippen molar-refractivity contribution in [3.8, 4) is 11.8 Å². The van der Waals surface area contributed by atoms with Gasteiger partial charge in [-0.05, 0) is 37.6 Å². The fourth-order valence-electron chi connectivity index (χ4n) is 1.47. The van der Waals surface area contributed by atoms with Gasteiger partial charge in [0.2, 0.25) is 0 Å². The minimum absolute atomic E-state index is 0.300. The molecular weight excluding hydrogens is 219 g/mol. The van der Waals surface area contributed by atoms with Crippen LogP contribution < -0.4 is 10.1 Å². The van der Waals surface area contributed by atoms with Gasteiger partial charge in [0.15, 0.2) is 11.6 Å². The van der Waals surface area contributed by atoms with Crippen LogP contribution in [0.2, 0.25) is 0 Å². The molecule has 0 aliphatic carbocycles. The van der Waals surface area contributed by atoms with Crippen LogP contribution in [0.4, 0.5) is 4.39 Å². The number of hydrogen-bond donors (Lipinski definition) is 1. The van der Waals surface area contributed by atoms with E-state index in [1.165, 1.54) is 6.07 Å². The molecular formula is C13H17FN2O. The quantitative estimate of drug-likeness (QED) is 0.739. The first-order valence-corrected chi connectivity index (χ1v) is 5.76. The highest BCUT2D eigenvalue weighted by Gasteiger charge is 2.03. The van der Waals surface area contributed by atoms with Crippen LogP contribution in [0.3, 0.4) is 0 Å². The summed E-state index contributed by atoms with van der Waals surface area (Å²) < 4.78 is 18.6. The number of rotatable bonds is 7. The molecule has 4 heteroatoms. The van der Waals surface area contributed by atoms with Crippen molar-refractivity contribution in [1.82, 2.24) is 5.32 Å². The van der Waals surface area contributed by atoms with Crippen LogP contribution in [0.15, 0.2) is 18.2 Å². The fraction of sp³-hybridized carbons (Fsp3) is 0.462. The van der Waals surface area contributed by atoms with Crippen LogP contribution in [-0.4, -0.2) is 19.7 Å². The number of halogens is 1. The Morgan fingerprint density at radius 2 is 2.24 bits per heavy atom. The number of nitrogens with zero attached hydrogens (tertiary/aromatic N) is 1. The van der Waals surface area contributed by atoms with Crippen LogP contribution in [0.1, 0.15) is 18.9 Å². The summed E-state index contributed by atoms with van der Waals surface area (Å²) in [6.45, 7) is 3.71. The maximum Gasteiger partial charge on any atom is 0.165 e. The van der Waals surface area contributed by atoms with E-state index in [0.717, 1.165) is 18.5 Å². The summed E-state index contributed by atoms with van der Waals surface area (Å²) in [5.41, 5.74) is 0.926. The molecule has 0 amide bonds. The molecule has 1 aromatic carbocycles. The maximum absolute atomic E-state index is 13.5. The second-order valence-corrected chi connectivity index (χ2v) is 3.61. The van der Waals surface area contributed by atoms with Crippen molar-refractivity contribution in [2.24, 2.45) is 0 Å². The van der Waals surface area contributed by atoms with Gasteiger partial charge in [0.1, 0.15) is 0 Å². The molecule has 0 saturated heterocycles. The van der Waals surface area contributed by atoms with E-state index < -0.39 is 0 Å². The minimum Gasteiger partial charge on any atom is -0.491 e. The molecule has 1 rings (SSSR count). The molecule has 1 N–H and O–H groups in total. The summed E-state index contributed by atoms with van der Waals surface area (Å²) >= 11 is 0. The molecule has 0 spiro atoms. The monoisotopic (exact) mass is 236 g/mol. The molecule has 17 heavy (non-hydrogen) atoms. The van der Waals surface area contributed by atoms with Crippen molar-refractivity contribution in [2.75, 3.05) is 19.7 Å². The van der Waals surface area contributed by atoms with Gasteiger partial charge >= 0.3 is 0 Å². The lowest BCUT2D eigenvalue weighted by Gasteiger charge is -2.07. The van der Waals surface area contributed by atoms with E-state index in [9.17, 15) is 4.39 Å². The fourth-order valence-corrected chi connectivity index (χ4v) is 1.47. The Morgan fingerprint density at radius 1 is 1.41 bits per heavy atom. The van der Waals surface area contributed by atoms with Gasteiger partial charge in [-0.2, -0.15) is 5.26 Å². The average Bonchev–Trinajstić information content (AvgIpc) is 2.32. The summed E-state index contributed by atoms with van der Waals surface area (Å²) in [5, 5.41) is 11.5. The highest BCUT2D eigenvalue weighted by molar-refractivity contribution is 5.29. The SMILES string of the molecule is CCOc1ccc(CCNCCC#N)cc1F. The Bertz CT molecular complexity index is 387. The zero-order valence-corrected chi connectivity index (χ0v) is 10.0. The molecule has 0 bridgehead atoms. The summed E-state index contributed by atoms with van der Waals surface area (Å²) in [5.74, 6) is -0.0185. The Morgan fingerprint density at radius 3 is 2.88 bits per heavy atom. The minimum atomic E-state index is -0.318. The standard InChI is InChI=1S/C13H17FN2O/c1-2-17-13-5-4-11(10-12(13)14)6-9-16-8-3-7-15/h4-5,10,16H,2-3,6,8-9H2,1H3. The third-order valence-corrected chi connectivity index (χ3v) is 2.30. The summed E-state index contributed by atoms with van der Waals surface area (Å²) in [6, 6.07) is 7.07. The number of hydrogen-bond acceptors (Lipinski definition) is 3. The van der Waals surface area contributed by atoms with Crippen LogP contribution in [0.25, 0.3) is 0 Å². The summed E-state index contributed by atoms with van der Waals surface area (Å²) in [4.78, 5) is 0. The van der Waals surface area contributed by atoms with Crippen molar-refractivity contribution >= 4 is 0 Å². The van der Waals surface area contributed by atoms with E-state index >= 15 is 0 Å². The molecule has 1 aromatic rings. The highest BCUT2D eigenvalue weighted by Crippen LogP contribution is 2.18. The Balaban J connectivity index is 2.39. The van der Waals surface area contributed by atoms with Crippen LogP contribution in [0, 0.1) is 17.1 Å². The zero-order chi connectivity index (χ0) is 12.5. The van der Waals surface area contributed by atoms with E-state index in [2.05, 4.69) is 11.4 Å². The normalized spacial score (nSPS) is 9.94. The van der Waals surface area contributed by atoms with Gasteiger partial charge in [-0.3, -0.25) is 0 Å². The van der Waals surface area contributed by atoms with Crippen LogP contribution in [-0.2, 0) is 6.42 Å². The molecule has 0 saturated carbocycles. The van der Waals surface area contributed by atoms with Crippen molar-refractivity contribution in [2.45, 2.75) is 19.8 Å². The Labute approximate surface area is 101 Å². The number of nitriles is 1. The predicted molar refractivity (Wildman–Crippen MR) is 64.4 cm³/mol. The van der Waals surface area contributed by atoms with E-state index in [-0.39, 0.29) is 5.82 Å². The topological polar surface area (TPSA) is 45.0 Å². The van der Waals surface area contributed by atoms with Gasteiger partial charge in [-0.15, -0.1) is 0 Å². The largest absolute Gasteiger partial charge is 0.491 e. The number of benzene rings is 1. The molecule has 0 unspecified atom stereocenters. The number of ether oxygens (including phenoxy) is 1. The molecule has 0 atom stereocenters. The van der Waals surface area contributed by atoms with Crippen molar-refractivity contribution in [3.63, 3.8) is 0 Å². The first-order chi connectivity index (χ1) is 8.27. The van der Waals surface area contributed by atoms with Gasteiger partial charge in [0.05, 0.1) is 12.7 Å². The second-order valence-electron chi connectivity index (χ2n) is 3.61. The lowest BCUT2D eigenvalue weighted by molar-refractivity contribution is 0.321. The molecule has 0 aromatic heterocycles. The van der Waals surface area contributed by atoms with Crippen molar-refractivity contribution in [3.05, 3.63) is 29.6 Å². The predicted octanol–water partition coefficient (Wildman–Crippen LogP) is 2.27. The molecule has 0 aliphatic rings. The average molecular weight is 236 g/mol. The lowest BCUT2D eigenvalue weighted by Crippen LogP contribution is -2.18. The van der Waals surface area contributed by atoms with Gasteiger partial charge in [-0.1, -0.05) is 6.07 Å². The Hall–Kier alpha value is -1.60. The van der Waals surface area contributed by atoms with E-state index in [0.29, 0.717) is 25.3 Å². The van der Waals surface area contributed by atoms with Crippen molar-refractivity contribution in [1.29, 1.82) is 5.26 Å². The Kier molecular flexibility index (Phi) is 6.05. The number of nitrogens with one attached hydrogen (secondary N) is 1. The first-order valence-electron chi connectivity index (χ1n) is 5.76. The lowest BCUT2D eigenvalue weighted by atomic mass is 10.1. The third-order valence-electron chi connectivity index (χ3n) is 2.30. The maximum atomic E-state index is 13.5. The van der Waals surface area contributed by atoms with Crippen LogP contribution >= 0.6 is 0 Å². The van der Waals surface area contributed by atoms with Crippen molar-refractivity contribution < 1.29 is 9.13 Å². The highest BCUT2D eigenvalue weighted by atomic mass is 19.1. The molecule has 92 valence electrons. The summed E-state index contributed by atoms with van der Waals surface area (Å²) in [7, 11) is 0. The molecule has 0 fully saturated rings. The molecule has 0 radical (unpaired) electrons. The van der Waals surface area contributed by atoms with E-state index in [4.69, 9.17) is 10.00 Å². The van der Waals surface area contributed by atoms with Gasteiger partial charge in [0.25, 0.3) is 0 Å². The zero-order valence-electron chi connectivity index (χ0n) is 10.0. The van der Waals surface area contributed by atoms with Gasteiger partial charge < -0.3 is 10.1 Å². The van der Waals surface area contributed by atoms with Gasteiger partial charge in [-0.25, -0.2) is 4.39 Å². The summed E-state index contributed by atoms with van der Waals surface area (Å²) in [6.07, 6.45) is 1.24.